The molecular formula is C10H30N2. The molecule has 80 valence electrons. The van der Waals surface area contributed by atoms with E-state index in [1.165, 1.54) is 0 Å². The lowest BCUT2D eigenvalue weighted by Gasteiger charge is -1.70. The third kappa shape index (κ3) is 214. The Morgan fingerprint density at radius 2 is 0.750 bits per heavy atom. The van der Waals surface area contributed by atoms with Crippen molar-refractivity contribution < 1.29 is 0 Å². The van der Waals surface area contributed by atoms with Crippen LogP contribution >= 0.6 is 0 Å². The molecule has 0 rings (SSSR count). The summed E-state index contributed by atoms with van der Waals surface area (Å²) in [4.78, 5) is 0. The second-order valence-corrected chi connectivity index (χ2v) is 1.58. The quantitative estimate of drug-likeness (QED) is 0.683. The molecule has 0 fully saturated rings. The third-order valence-electron chi connectivity index (χ3n) is 0.577. The van der Waals surface area contributed by atoms with Gasteiger partial charge in [-0.2, -0.15) is 0 Å². The van der Waals surface area contributed by atoms with Crippen molar-refractivity contribution in [3.8, 4) is 0 Å². The summed E-state index contributed by atoms with van der Waals surface area (Å²) in [5, 5.41) is 0. The van der Waals surface area contributed by atoms with Crippen molar-refractivity contribution in [3.05, 3.63) is 0 Å². The molecule has 12 heavy (non-hydrogen) atoms. The van der Waals surface area contributed by atoms with E-state index in [1.54, 1.807) is 0 Å². The van der Waals surface area contributed by atoms with Gasteiger partial charge in [0.1, 0.15) is 0 Å². The Bertz CT molecular complexity index is 15.8. The van der Waals surface area contributed by atoms with E-state index in [1.807, 2.05) is 27.7 Å². The van der Waals surface area contributed by atoms with E-state index in [4.69, 9.17) is 11.5 Å². The van der Waals surface area contributed by atoms with Gasteiger partial charge in [-0.3, -0.25) is 0 Å². The van der Waals surface area contributed by atoms with Gasteiger partial charge in [-0.25, -0.2) is 0 Å². The molecule has 0 heterocycles. The molecule has 0 radical (unpaired) electrons. The molecule has 0 bridgehead atoms. The van der Waals surface area contributed by atoms with Crippen molar-refractivity contribution in [1.82, 2.24) is 0 Å². The first kappa shape index (κ1) is 22.7. The minimum absolute atomic E-state index is 0.819. The first-order valence-corrected chi connectivity index (χ1v) is 5.23. The summed E-state index contributed by atoms with van der Waals surface area (Å²) in [5.74, 6) is 0. The molecule has 0 atom stereocenters. The smallest absolute Gasteiger partial charge is 0.00799 e. The fourth-order valence-corrected chi connectivity index (χ4v) is 0. The number of hydrogen-bond acceptors (Lipinski definition) is 2. The molecule has 2 nitrogen and oxygen atoms in total. The van der Waals surface area contributed by atoms with Gasteiger partial charge in [0, 0.05) is 0 Å². The molecule has 0 saturated carbocycles. The summed E-state index contributed by atoms with van der Waals surface area (Å²) in [6.07, 6.45) is 2.19. The molecule has 0 aromatic carbocycles. The average molecular weight is 178 g/mol. The zero-order valence-electron chi connectivity index (χ0n) is 9.98. The SMILES string of the molecule is CC.CC.CCCN.CCCN. The van der Waals surface area contributed by atoms with Gasteiger partial charge in [0.05, 0.1) is 0 Å². The van der Waals surface area contributed by atoms with Crippen LogP contribution in [0.1, 0.15) is 54.4 Å². The van der Waals surface area contributed by atoms with E-state index in [0.29, 0.717) is 0 Å². The van der Waals surface area contributed by atoms with Crippen LogP contribution in [0.25, 0.3) is 0 Å². The molecule has 0 aliphatic carbocycles. The van der Waals surface area contributed by atoms with Gasteiger partial charge in [0.25, 0.3) is 0 Å². The van der Waals surface area contributed by atoms with Crippen LogP contribution in [0.15, 0.2) is 0 Å². The molecule has 0 spiro atoms. The second kappa shape index (κ2) is 69.9. The molecule has 0 amide bonds. The molecule has 0 aromatic rings. The first-order chi connectivity index (χ1) is 5.83. The summed E-state index contributed by atoms with van der Waals surface area (Å²) in [5.41, 5.74) is 10.1. The highest BCUT2D eigenvalue weighted by Gasteiger charge is 1.55. The van der Waals surface area contributed by atoms with Crippen LogP contribution in [0.5, 0.6) is 0 Å². The molecule has 0 aromatic heterocycles. The van der Waals surface area contributed by atoms with Gasteiger partial charge in [-0.15, -0.1) is 0 Å². The Labute approximate surface area is 79.7 Å². The summed E-state index contributed by atoms with van der Waals surface area (Å²) >= 11 is 0. The van der Waals surface area contributed by atoms with Crippen LogP contribution in [-0.4, -0.2) is 13.1 Å². The number of nitrogens with two attached hydrogens (primary N) is 2. The molecule has 0 unspecified atom stereocenters. The molecule has 0 saturated heterocycles. The summed E-state index contributed by atoms with van der Waals surface area (Å²) in [6, 6.07) is 0. The first-order valence-electron chi connectivity index (χ1n) is 5.23. The van der Waals surface area contributed by atoms with Crippen LogP contribution in [0.2, 0.25) is 0 Å². The van der Waals surface area contributed by atoms with Crippen molar-refractivity contribution in [3.63, 3.8) is 0 Å². The van der Waals surface area contributed by atoms with E-state index in [2.05, 4.69) is 13.8 Å². The third-order valence-corrected chi connectivity index (χ3v) is 0.577. The number of rotatable bonds is 2. The van der Waals surface area contributed by atoms with Crippen LogP contribution < -0.4 is 11.5 Å². The lowest BCUT2D eigenvalue weighted by Crippen LogP contribution is -1.93. The largest absolute Gasteiger partial charge is 0.330 e. The van der Waals surface area contributed by atoms with E-state index in [9.17, 15) is 0 Å². The van der Waals surface area contributed by atoms with E-state index in [-0.39, 0.29) is 0 Å². The molecule has 0 aliphatic rings. The molecule has 2 heteroatoms. The van der Waals surface area contributed by atoms with Gasteiger partial charge in [-0.1, -0.05) is 41.5 Å². The highest BCUT2D eigenvalue weighted by atomic mass is 14.5. The van der Waals surface area contributed by atoms with Crippen molar-refractivity contribution >= 4 is 0 Å². The fourth-order valence-electron chi connectivity index (χ4n) is 0. The zero-order valence-corrected chi connectivity index (χ0v) is 9.98. The summed E-state index contributed by atoms with van der Waals surface area (Å²) in [7, 11) is 0. The average Bonchev–Trinajstić information content (AvgIpc) is 2.23. The number of hydrogen-bond donors (Lipinski definition) is 2. The van der Waals surface area contributed by atoms with E-state index < -0.39 is 0 Å². The minimum Gasteiger partial charge on any atom is -0.330 e. The maximum Gasteiger partial charge on any atom is -0.00799 e. The Kier molecular flexibility index (Phi) is 132. The highest BCUT2D eigenvalue weighted by Crippen LogP contribution is 1.57. The van der Waals surface area contributed by atoms with Gasteiger partial charge >= 0.3 is 0 Å². The Hall–Kier alpha value is -0.0800. The predicted molar refractivity (Wildman–Crippen MR) is 61.4 cm³/mol. The molecule has 0 aliphatic heterocycles. The highest BCUT2D eigenvalue weighted by molar-refractivity contribution is 4.19. The van der Waals surface area contributed by atoms with E-state index in [0.717, 1.165) is 25.9 Å². The Morgan fingerprint density at radius 3 is 0.750 bits per heavy atom. The fraction of sp³-hybridized carbons (Fsp3) is 1.00. The normalized spacial score (nSPS) is 6.00. The maximum absolute atomic E-state index is 5.03. The van der Waals surface area contributed by atoms with Crippen molar-refractivity contribution in [1.29, 1.82) is 0 Å². The monoisotopic (exact) mass is 178 g/mol. The van der Waals surface area contributed by atoms with Crippen molar-refractivity contribution in [2.75, 3.05) is 13.1 Å². The summed E-state index contributed by atoms with van der Waals surface area (Å²) < 4.78 is 0. The lowest BCUT2D eigenvalue weighted by atomic mass is 10.5. The van der Waals surface area contributed by atoms with Crippen LogP contribution in [0.4, 0.5) is 0 Å². The maximum atomic E-state index is 5.03. The van der Waals surface area contributed by atoms with Crippen LogP contribution in [0.3, 0.4) is 0 Å². The van der Waals surface area contributed by atoms with Crippen LogP contribution in [0, 0.1) is 0 Å². The predicted octanol–water partition coefficient (Wildman–Crippen LogP) is 2.76. The second-order valence-electron chi connectivity index (χ2n) is 1.58. The summed E-state index contributed by atoms with van der Waals surface area (Å²) in [6.45, 7) is 13.8. The van der Waals surface area contributed by atoms with Crippen molar-refractivity contribution in [2.45, 2.75) is 54.4 Å². The topological polar surface area (TPSA) is 52.0 Å². The van der Waals surface area contributed by atoms with Gasteiger partial charge in [0.15, 0.2) is 0 Å². The Morgan fingerprint density at radius 1 is 0.667 bits per heavy atom. The minimum atomic E-state index is 0.819. The molecular weight excluding hydrogens is 148 g/mol. The Balaban J connectivity index is -0.0000000380. The standard InChI is InChI=1S/2C3H9N.2C2H6/c2*1-2-3-4;2*1-2/h2*2-4H2,1H3;2*1-2H3. The molecule has 4 N–H and O–H groups in total. The zero-order chi connectivity index (χ0) is 10.8. The van der Waals surface area contributed by atoms with Crippen molar-refractivity contribution in [2.24, 2.45) is 11.5 Å². The van der Waals surface area contributed by atoms with E-state index >= 15 is 0 Å². The van der Waals surface area contributed by atoms with Gasteiger partial charge in [0.2, 0.25) is 0 Å². The lowest BCUT2D eigenvalue weighted by molar-refractivity contribution is 0.932. The van der Waals surface area contributed by atoms with Crippen LogP contribution in [-0.2, 0) is 0 Å². The van der Waals surface area contributed by atoms with Gasteiger partial charge in [-0.05, 0) is 25.9 Å². The van der Waals surface area contributed by atoms with Gasteiger partial charge < -0.3 is 11.5 Å².